The fraction of sp³-hybridized carbons (Fsp3) is 0.182. The summed E-state index contributed by atoms with van der Waals surface area (Å²) in [4.78, 5) is 28.6. The molecule has 0 bridgehead atoms. The Labute approximate surface area is 182 Å². The molecule has 1 aliphatic rings. The maximum atomic E-state index is 12.1. The fourth-order valence-electron chi connectivity index (χ4n) is 3.85. The first-order valence-corrected chi connectivity index (χ1v) is 10.9. The van der Waals surface area contributed by atoms with Crippen LogP contribution >= 0.6 is 22.9 Å². The summed E-state index contributed by atoms with van der Waals surface area (Å²) in [5, 5.41) is 5.25. The van der Waals surface area contributed by atoms with Crippen molar-refractivity contribution in [3.8, 4) is 11.5 Å². The first kappa shape index (κ1) is 19.0. The number of H-pyrrole nitrogens is 1. The van der Waals surface area contributed by atoms with Gasteiger partial charge < -0.3 is 10.3 Å². The third kappa shape index (κ3) is 3.40. The number of pyridine rings is 1. The van der Waals surface area contributed by atoms with Gasteiger partial charge in [0.15, 0.2) is 5.82 Å². The van der Waals surface area contributed by atoms with E-state index in [-0.39, 0.29) is 11.3 Å². The zero-order valence-corrected chi connectivity index (χ0v) is 17.5. The zero-order valence-electron chi connectivity index (χ0n) is 15.9. The molecule has 0 aliphatic heterocycles. The smallest absolute Gasteiger partial charge is 0.275 e. The van der Waals surface area contributed by atoms with Crippen molar-refractivity contribution in [3.05, 3.63) is 81.7 Å². The molecule has 2 N–H and O–H groups in total. The molecule has 3 heterocycles. The molecule has 0 spiro atoms. The molecule has 1 amide bonds. The van der Waals surface area contributed by atoms with Crippen LogP contribution < -0.4 is 5.32 Å². The molecule has 30 heavy (non-hydrogen) atoms. The molecule has 0 atom stereocenters. The van der Waals surface area contributed by atoms with Crippen LogP contribution in [0, 0.1) is 0 Å². The normalized spacial score (nSPS) is 14.8. The van der Waals surface area contributed by atoms with E-state index < -0.39 is 0 Å². The number of benzene rings is 1. The number of amides is 1. The minimum atomic E-state index is -0.250. The molecule has 0 radical (unpaired) electrons. The molecule has 5 rings (SSSR count). The van der Waals surface area contributed by atoms with Gasteiger partial charge in [-0.1, -0.05) is 30.2 Å². The summed E-state index contributed by atoms with van der Waals surface area (Å²) < 4.78 is 0. The Kier molecular flexibility index (Phi) is 4.84. The number of aromatic amines is 1. The molecule has 1 saturated carbocycles. The van der Waals surface area contributed by atoms with Crippen LogP contribution in [0.15, 0.2) is 59.7 Å². The monoisotopic (exact) mass is 435 g/mol. The summed E-state index contributed by atoms with van der Waals surface area (Å²) in [7, 11) is 0. The maximum absolute atomic E-state index is 12.1. The van der Waals surface area contributed by atoms with Crippen molar-refractivity contribution < 1.29 is 4.79 Å². The Morgan fingerprint density at radius 1 is 1.13 bits per heavy atom. The summed E-state index contributed by atoms with van der Waals surface area (Å²) in [5.74, 6) is 0.454. The van der Waals surface area contributed by atoms with Crippen LogP contribution in [0.5, 0.6) is 0 Å². The lowest BCUT2D eigenvalue weighted by Crippen LogP contribution is -2.35. The largest absolute Gasteiger partial charge is 0.340 e. The highest BCUT2D eigenvalue weighted by molar-refractivity contribution is 7.07. The molecule has 1 fully saturated rings. The van der Waals surface area contributed by atoms with E-state index >= 15 is 0 Å². The van der Waals surface area contributed by atoms with E-state index in [0.29, 0.717) is 22.9 Å². The molecule has 1 aliphatic carbocycles. The molecular formula is C22H18ClN5OS. The third-order valence-corrected chi connectivity index (χ3v) is 6.43. The van der Waals surface area contributed by atoms with Crippen molar-refractivity contribution in [1.82, 2.24) is 19.9 Å². The fourth-order valence-corrected chi connectivity index (χ4v) is 4.57. The van der Waals surface area contributed by atoms with Gasteiger partial charge in [-0.2, -0.15) is 0 Å². The van der Waals surface area contributed by atoms with Gasteiger partial charge in [-0.05, 0) is 42.7 Å². The van der Waals surface area contributed by atoms with Gasteiger partial charge in [0.1, 0.15) is 11.4 Å². The predicted molar refractivity (Wildman–Crippen MR) is 118 cm³/mol. The number of rotatable bonds is 5. The average Bonchev–Trinajstić information content (AvgIpc) is 3.41. The third-order valence-electron chi connectivity index (χ3n) is 5.60. The van der Waals surface area contributed by atoms with Gasteiger partial charge >= 0.3 is 0 Å². The number of imidazole rings is 1. The number of nitrogens with zero attached hydrogens (tertiary/aromatic N) is 3. The molecule has 3 aromatic heterocycles. The van der Waals surface area contributed by atoms with Crippen LogP contribution in [-0.2, 0) is 5.41 Å². The van der Waals surface area contributed by atoms with Crippen LogP contribution in [0.3, 0.4) is 0 Å². The van der Waals surface area contributed by atoms with Crippen molar-refractivity contribution in [1.29, 1.82) is 0 Å². The first-order valence-electron chi connectivity index (χ1n) is 9.62. The van der Waals surface area contributed by atoms with Gasteiger partial charge in [0.05, 0.1) is 17.4 Å². The molecule has 8 heteroatoms. The summed E-state index contributed by atoms with van der Waals surface area (Å²) in [6, 6.07) is 11.7. The second-order valence-electron chi connectivity index (χ2n) is 7.35. The highest BCUT2D eigenvalue weighted by Crippen LogP contribution is 2.49. The molecule has 0 saturated heterocycles. The molecule has 1 aromatic carbocycles. The lowest BCUT2D eigenvalue weighted by molar-refractivity contribution is 0.102. The van der Waals surface area contributed by atoms with Gasteiger partial charge in [0.2, 0.25) is 0 Å². The lowest BCUT2D eigenvalue weighted by Gasteiger charge is -2.41. The standard InChI is InChI=1S/C22H18ClN5OS/c23-15-4-1-3-14(9-15)22(7-2-8-22)19-11-25-20(28-19)17-6-5-16(10-24-17)27-21(29)18-12-30-13-26-18/h1,3-6,9-13H,2,7-8H2,(H,25,28)(H,27,29). The van der Waals surface area contributed by atoms with Crippen molar-refractivity contribution in [2.24, 2.45) is 0 Å². The molecule has 0 unspecified atom stereocenters. The second-order valence-corrected chi connectivity index (χ2v) is 8.51. The SMILES string of the molecule is O=C(Nc1ccc(-c2ncc(C3(c4cccc(Cl)c4)CCC3)[nH]2)nc1)c1cscn1. The number of halogens is 1. The number of hydrogen-bond donors (Lipinski definition) is 2. The molecule has 4 aromatic rings. The summed E-state index contributed by atoms with van der Waals surface area (Å²) >= 11 is 7.62. The Balaban J connectivity index is 1.37. The first-order chi connectivity index (χ1) is 14.6. The van der Waals surface area contributed by atoms with Crippen LogP contribution in [0.4, 0.5) is 5.69 Å². The number of anilines is 1. The molecule has 150 valence electrons. The van der Waals surface area contributed by atoms with E-state index in [1.54, 1.807) is 17.1 Å². The van der Waals surface area contributed by atoms with Gasteiger partial charge in [0, 0.05) is 27.7 Å². The zero-order chi connectivity index (χ0) is 20.6. The van der Waals surface area contributed by atoms with Crippen LogP contribution in [0.1, 0.15) is 41.0 Å². The average molecular weight is 436 g/mol. The van der Waals surface area contributed by atoms with E-state index in [2.05, 4.69) is 31.3 Å². The quantitative estimate of drug-likeness (QED) is 0.445. The number of aromatic nitrogens is 4. The number of carbonyl (C=O) groups is 1. The van der Waals surface area contributed by atoms with E-state index in [0.717, 1.165) is 23.6 Å². The van der Waals surface area contributed by atoms with Gasteiger partial charge in [0.25, 0.3) is 5.91 Å². The topological polar surface area (TPSA) is 83.6 Å². The maximum Gasteiger partial charge on any atom is 0.275 e. The number of thiazole rings is 1. The Hall–Kier alpha value is -3.03. The summed E-state index contributed by atoms with van der Waals surface area (Å²) in [6.45, 7) is 0. The van der Waals surface area contributed by atoms with Crippen LogP contribution in [-0.4, -0.2) is 25.8 Å². The van der Waals surface area contributed by atoms with Crippen LogP contribution in [0.25, 0.3) is 11.5 Å². The minimum absolute atomic E-state index is 0.0718. The van der Waals surface area contributed by atoms with E-state index in [1.165, 1.54) is 23.3 Å². The van der Waals surface area contributed by atoms with Crippen molar-refractivity contribution in [3.63, 3.8) is 0 Å². The Morgan fingerprint density at radius 3 is 2.70 bits per heavy atom. The van der Waals surface area contributed by atoms with Crippen molar-refractivity contribution in [2.45, 2.75) is 24.7 Å². The van der Waals surface area contributed by atoms with Gasteiger partial charge in [-0.15, -0.1) is 11.3 Å². The van der Waals surface area contributed by atoms with Gasteiger partial charge in [-0.25, -0.2) is 9.97 Å². The molecular weight excluding hydrogens is 418 g/mol. The summed E-state index contributed by atoms with van der Waals surface area (Å²) in [6.07, 6.45) is 6.81. The Morgan fingerprint density at radius 2 is 2.03 bits per heavy atom. The van der Waals surface area contributed by atoms with Crippen molar-refractivity contribution in [2.75, 3.05) is 5.32 Å². The molecule has 6 nitrogen and oxygen atoms in total. The minimum Gasteiger partial charge on any atom is -0.340 e. The van der Waals surface area contributed by atoms with Crippen LogP contribution in [0.2, 0.25) is 5.02 Å². The second kappa shape index (κ2) is 7.66. The van der Waals surface area contributed by atoms with Gasteiger partial charge in [-0.3, -0.25) is 9.78 Å². The highest BCUT2D eigenvalue weighted by Gasteiger charge is 2.42. The number of nitrogens with one attached hydrogen (secondary N) is 2. The Bertz CT molecular complexity index is 1180. The summed E-state index contributed by atoms with van der Waals surface area (Å²) in [5.41, 5.74) is 5.57. The highest BCUT2D eigenvalue weighted by atomic mass is 35.5. The lowest BCUT2D eigenvalue weighted by atomic mass is 9.63. The van der Waals surface area contributed by atoms with E-state index in [9.17, 15) is 4.79 Å². The van der Waals surface area contributed by atoms with Crippen molar-refractivity contribution >= 4 is 34.5 Å². The predicted octanol–water partition coefficient (Wildman–Crippen LogP) is 5.30. The van der Waals surface area contributed by atoms with E-state index in [1.807, 2.05) is 36.5 Å². The number of carbonyl (C=O) groups excluding carboxylic acids is 1. The number of hydrogen-bond acceptors (Lipinski definition) is 5. The van der Waals surface area contributed by atoms with E-state index in [4.69, 9.17) is 11.6 Å².